The predicted molar refractivity (Wildman–Crippen MR) is 78.4 cm³/mol. The Hall–Kier alpha value is -1.65. The van der Waals surface area contributed by atoms with Crippen LogP contribution in [-0.4, -0.2) is 16.1 Å². The third kappa shape index (κ3) is 2.37. The standard InChI is InChI=1S/C16H21N3O/c1-3-17-15(16-18-7-8-19(16)4-2)12-5-6-13-10-20-11-14(13)9-12/h5-9,15,17H,3-4,10-11H2,1-2H3. The number of aromatic nitrogens is 2. The Morgan fingerprint density at radius 3 is 2.95 bits per heavy atom. The van der Waals surface area contributed by atoms with Gasteiger partial charge in [-0.25, -0.2) is 4.98 Å². The molecular formula is C16H21N3O. The third-order valence-corrected chi connectivity index (χ3v) is 3.83. The lowest BCUT2D eigenvalue weighted by atomic mass is 10.0. The van der Waals surface area contributed by atoms with E-state index in [4.69, 9.17) is 4.74 Å². The first kappa shape index (κ1) is 13.3. The Labute approximate surface area is 119 Å². The zero-order valence-corrected chi connectivity index (χ0v) is 12.1. The van der Waals surface area contributed by atoms with Gasteiger partial charge in [0.05, 0.1) is 19.3 Å². The van der Waals surface area contributed by atoms with E-state index >= 15 is 0 Å². The van der Waals surface area contributed by atoms with Crippen molar-refractivity contribution in [2.45, 2.75) is 39.6 Å². The number of nitrogens with zero attached hydrogens (tertiary/aromatic N) is 2. The molecule has 1 aromatic heterocycles. The van der Waals surface area contributed by atoms with Crippen LogP contribution in [-0.2, 0) is 24.5 Å². The summed E-state index contributed by atoms with van der Waals surface area (Å²) in [5.74, 6) is 1.08. The maximum absolute atomic E-state index is 5.50. The number of nitrogens with one attached hydrogen (secondary N) is 1. The smallest absolute Gasteiger partial charge is 0.130 e. The van der Waals surface area contributed by atoms with Gasteiger partial charge in [-0.05, 0) is 30.2 Å². The molecule has 0 aliphatic carbocycles. The molecule has 106 valence electrons. The molecule has 1 aromatic carbocycles. The van der Waals surface area contributed by atoms with E-state index in [1.54, 1.807) is 0 Å². The maximum Gasteiger partial charge on any atom is 0.130 e. The Bertz CT molecular complexity index is 591. The number of ether oxygens (including phenoxy) is 1. The number of imidazole rings is 1. The van der Waals surface area contributed by atoms with Gasteiger partial charge in [-0.3, -0.25) is 0 Å². The quantitative estimate of drug-likeness (QED) is 0.908. The van der Waals surface area contributed by atoms with Crippen LogP contribution in [0.4, 0.5) is 0 Å². The number of hydrogen-bond donors (Lipinski definition) is 1. The highest BCUT2D eigenvalue weighted by Crippen LogP contribution is 2.27. The van der Waals surface area contributed by atoms with Crippen LogP contribution in [0.25, 0.3) is 0 Å². The summed E-state index contributed by atoms with van der Waals surface area (Å²) in [6.07, 6.45) is 3.91. The van der Waals surface area contributed by atoms with E-state index in [0.29, 0.717) is 0 Å². The van der Waals surface area contributed by atoms with E-state index in [1.807, 2.05) is 12.4 Å². The Balaban J connectivity index is 1.98. The van der Waals surface area contributed by atoms with Gasteiger partial charge in [-0.1, -0.05) is 25.1 Å². The van der Waals surface area contributed by atoms with Crippen molar-refractivity contribution < 1.29 is 4.74 Å². The second kappa shape index (κ2) is 5.77. The van der Waals surface area contributed by atoms with Crippen LogP contribution >= 0.6 is 0 Å². The molecule has 3 rings (SSSR count). The number of benzene rings is 1. The largest absolute Gasteiger partial charge is 0.372 e. The van der Waals surface area contributed by atoms with Crippen LogP contribution in [0.3, 0.4) is 0 Å². The van der Waals surface area contributed by atoms with Crippen LogP contribution in [0.5, 0.6) is 0 Å². The molecule has 0 radical (unpaired) electrons. The van der Waals surface area contributed by atoms with Crippen molar-refractivity contribution in [2.75, 3.05) is 6.54 Å². The third-order valence-electron chi connectivity index (χ3n) is 3.83. The molecule has 1 aliphatic heterocycles. The molecule has 0 bridgehead atoms. The summed E-state index contributed by atoms with van der Waals surface area (Å²) in [5.41, 5.74) is 3.87. The minimum atomic E-state index is 0.140. The summed E-state index contributed by atoms with van der Waals surface area (Å²) in [5, 5.41) is 3.54. The van der Waals surface area contributed by atoms with Gasteiger partial charge in [0.25, 0.3) is 0 Å². The highest BCUT2D eigenvalue weighted by Gasteiger charge is 2.20. The van der Waals surface area contributed by atoms with E-state index in [1.165, 1.54) is 16.7 Å². The van der Waals surface area contributed by atoms with E-state index in [0.717, 1.165) is 32.1 Å². The summed E-state index contributed by atoms with van der Waals surface area (Å²) < 4.78 is 7.70. The average Bonchev–Trinajstić information content (AvgIpc) is 3.12. The minimum Gasteiger partial charge on any atom is -0.372 e. The SMILES string of the molecule is CCNC(c1ccc2c(c1)COC2)c1nccn1CC. The topological polar surface area (TPSA) is 39.1 Å². The molecule has 4 heteroatoms. The summed E-state index contributed by atoms with van der Waals surface area (Å²) >= 11 is 0. The van der Waals surface area contributed by atoms with Crippen molar-refractivity contribution in [2.24, 2.45) is 0 Å². The Morgan fingerprint density at radius 2 is 2.15 bits per heavy atom. The first-order valence-corrected chi connectivity index (χ1v) is 7.27. The van der Waals surface area contributed by atoms with Crippen molar-refractivity contribution in [1.82, 2.24) is 14.9 Å². The second-order valence-electron chi connectivity index (χ2n) is 5.08. The number of rotatable bonds is 5. The monoisotopic (exact) mass is 271 g/mol. The van der Waals surface area contributed by atoms with Gasteiger partial charge in [0.15, 0.2) is 0 Å². The second-order valence-corrected chi connectivity index (χ2v) is 5.08. The molecule has 2 aromatic rings. The molecule has 2 heterocycles. The van der Waals surface area contributed by atoms with Gasteiger partial charge in [0.2, 0.25) is 0 Å². The van der Waals surface area contributed by atoms with E-state index < -0.39 is 0 Å². The Kier molecular flexibility index (Phi) is 3.85. The lowest BCUT2D eigenvalue weighted by Crippen LogP contribution is -2.25. The molecule has 1 N–H and O–H groups in total. The molecule has 0 saturated carbocycles. The summed E-state index contributed by atoms with van der Waals surface area (Å²) in [6, 6.07) is 6.77. The molecule has 20 heavy (non-hydrogen) atoms. The number of aryl methyl sites for hydroxylation is 1. The fraction of sp³-hybridized carbons (Fsp3) is 0.438. The lowest BCUT2D eigenvalue weighted by Gasteiger charge is -2.19. The normalized spacial score (nSPS) is 15.3. The summed E-state index contributed by atoms with van der Waals surface area (Å²) in [6.45, 7) is 7.59. The van der Waals surface area contributed by atoms with Crippen molar-refractivity contribution in [3.63, 3.8) is 0 Å². The first-order chi connectivity index (χ1) is 9.83. The van der Waals surface area contributed by atoms with Gasteiger partial charge in [0, 0.05) is 18.9 Å². The van der Waals surface area contributed by atoms with Crippen molar-refractivity contribution >= 4 is 0 Å². The summed E-state index contributed by atoms with van der Waals surface area (Å²) in [7, 11) is 0. The van der Waals surface area contributed by atoms with Crippen LogP contribution in [0.15, 0.2) is 30.6 Å². The molecule has 0 spiro atoms. The fourth-order valence-corrected chi connectivity index (χ4v) is 2.78. The minimum absolute atomic E-state index is 0.140. The predicted octanol–water partition coefficient (Wildman–Crippen LogP) is 2.63. The number of hydrogen-bond acceptors (Lipinski definition) is 3. The first-order valence-electron chi connectivity index (χ1n) is 7.27. The van der Waals surface area contributed by atoms with Crippen LogP contribution in [0.1, 0.15) is 42.4 Å². The molecular weight excluding hydrogens is 250 g/mol. The lowest BCUT2D eigenvalue weighted by molar-refractivity contribution is 0.134. The highest BCUT2D eigenvalue weighted by molar-refractivity contribution is 5.36. The van der Waals surface area contributed by atoms with Gasteiger partial charge in [0.1, 0.15) is 5.82 Å². The van der Waals surface area contributed by atoms with E-state index in [-0.39, 0.29) is 6.04 Å². The van der Waals surface area contributed by atoms with Crippen molar-refractivity contribution in [1.29, 1.82) is 0 Å². The zero-order valence-electron chi connectivity index (χ0n) is 12.1. The average molecular weight is 271 g/mol. The van der Waals surface area contributed by atoms with E-state index in [2.05, 4.69) is 46.9 Å². The molecule has 4 nitrogen and oxygen atoms in total. The van der Waals surface area contributed by atoms with Gasteiger partial charge in [-0.15, -0.1) is 0 Å². The van der Waals surface area contributed by atoms with Crippen molar-refractivity contribution in [3.8, 4) is 0 Å². The molecule has 1 unspecified atom stereocenters. The van der Waals surface area contributed by atoms with Crippen molar-refractivity contribution in [3.05, 3.63) is 53.1 Å². The molecule has 0 amide bonds. The van der Waals surface area contributed by atoms with E-state index in [9.17, 15) is 0 Å². The highest BCUT2D eigenvalue weighted by atomic mass is 16.5. The number of fused-ring (bicyclic) bond motifs is 1. The van der Waals surface area contributed by atoms with Crippen LogP contribution in [0, 0.1) is 0 Å². The maximum atomic E-state index is 5.50. The van der Waals surface area contributed by atoms with Gasteiger partial charge in [-0.2, -0.15) is 0 Å². The molecule has 1 atom stereocenters. The zero-order chi connectivity index (χ0) is 13.9. The molecule has 1 aliphatic rings. The Morgan fingerprint density at radius 1 is 1.30 bits per heavy atom. The molecule has 0 saturated heterocycles. The van der Waals surface area contributed by atoms with Crippen LogP contribution < -0.4 is 5.32 Å². The van der Waals surface area contributed by atoms with Gasteiger partial charge < -0.3 is 14.6 Å². The summed E-state index contributed by atoms with van der Waals surface area (Å²) in [4.78, 5) is 4.55. The fourth-order valence-electron chi connectivity index (χ4n) is 2.78. The van der Waals surface area contributed by atoms with Crippen LogP contribution in [0.2, 0.25) is 0 Å². The molecule has 0 fully saturated rings. The van der Waals surface area contributed by atoms with Gasteiger partial charge >= 0.3 is 0 Å².